The largest absolute Gasteiger partial charge is 0.465 e. The van der Waals surface area contributed by atoms with E-state index >= 15 is 0 Å². The van der Waals surface area contributed by atoms with E-state index in [2.05, 4.69) is 0 Å². The fraction of sp³-hybridized carbons (Fsp3) is 0.154. The van der Waals surface area contributed by atoms with Crippen molar-refractivity contribution in [2.45, 2.75) is 20.8 Å². The number of anilines is 1. The van der Waals surface area contributed by atoms with E-state index in [-0.39, 0.29) is 16.8 Å². The summed E-state index contributed by atoms with van der Waals surface area (Å²) in [7, 11) is 1.24. The van der Waals surface area contributed by atoms with E-state index < -0.39 is 17.7 Å². The van der Waals surface area contributed by atoms with Crippen LogP contribution in [0.25, 0.3) is 11.8 Å². The summed E-state index contributed by atoms with van der Waals surface area (Å²) in [5.74, 6) is -1.77. The lowest BCUT2D eigenvalue weighted by Gasteiger charge is -2.18. The average Bonchev–Trinajstić information content (AvgIpc) is 3.21. The van der Waals surface area contributed by atoms with Crippen LogP contribution in [0.3, 0.4) is 0 Å². The highest BCUT2D eigenvalue weighted by Crippen LogP contribution is 2.37. The normalized spacial score (nSPS) is 15.0. The first-order valence-electron chi connectivity index (χ1n) is 10.4. The molecule has 1 aromatic heterocycles. The molecule has 0 unspecified atom stereocenters. The highest BCUT2D eigenvalue weighted by atomic mass is 35.5. The minimum Gasteiger partial charge on any atom is -0.465 e. The Labute approximate surface area is 206 Å². The molecule has 4 rings (SSSR count). The van der Waals surface area contributed by atoms with Crippen molar-refractivity contribution in [1.29, 1.82) is 0 Å². The smallest absolute Gasteiger partial charge is 0.340 e. The minimum atomic E-state index is -0.678. The quantitative estimate of drug-likeness (QED) is 0.308. The molecule has 0 atom stereocenters. The number of carbonyl (C=O) groups excluding carboxylic acids is 2. The SMILES string of the molecule is COC(=O)C1=C(C)N(c2ccccc2F)C(=O)/C1=C\c1cc(C)n(-c2cc(Cl)ccc2Cl)c1C. The van der Waals surface area contributed by atoms with Crippen molar-refractivity contribution in [2.24, 2.45) is 0 Å². The van der Waals surface area contributed by atoms with Gasteiger partial charge in [0, 0.05) is 22.1 Å². The van der Waals surface area contributed by atoms with Crippen LogP contribution < -0.4 is 4.90 Å². The van der Waals surface area contributed by atoms with Gasteiger partial charge in [-0.2, -0.15) is 0 Å². The van der Waals surface area contributed by atoms with Gasteiger partial charge in [-0.1, -0.05) is 35.3 Å². The second-order valence-corrected chi connectivity index (χ2v) is 8.70. The van der Waals surface area contributed by atoms with Gasteiger partial charge in [0.15, 0.2) is 0 Å². The van der Waals surface area contributed by atoms with Gasteiger partial charge >= 0.3 is 5.97 Å². The summed E-state index contributed by atoms with van der Waals surface area (Å²) in [6.07, 6.45) is 1.62. The number of carbonyl (C=O) groups is 2. The number of para-hydroxylation sites is 1. The maximum absolute atomic E-state index is 14.6. The number of rotatable bonds is 4. The Hall–Kier alpha value is -3.35. The van der Waals surface area contributed by atoms with Crippen molar-refractivity contribution in [2.75, 3.05) is 12.0 Å². The second-order valence-electron chi connectivity index (χ2n) is 7.86. The van der Waals surface area contributed by atoms with E-state index in [0.717, 1.165) is 11.4 Å². The number of hydrogen-bond acceptors (Lipinski definition) is 3. The molecule has 0 spiro atoms. The maximum atomic E-state index is 14.6. The fourth-order valence-corrected chi connectivity index (χ4v) is 4.59. The number of esters is 1. The number of amides is 1. The molecule has 3 aromatic rings. The van der Waals surface area contributed by atoms with E-state index in [4.69, 9.17) is 27.9 Å². The molecule has 0 radical (unpaired) electrons. The minimum absolute atomic E-state index is 0.0611. The third-order valence-corrected chi connectivity index (χ3v) is 6.36. The summed E-state index contributed by atoms with van der Waals surface area (Å²) in [6, 6.07) is 13.0. The fourth-order valence-electron chi connectivity index (χ4n) is 4.22. The Kier molecular flexibility index (Phi) is 6.39. The van der Waals surface area contributed by atoms with Gasteiger partial charge in [-0.15, -0.1) is 0 Å². The van der Waals surface area contributed by atoms with Crippen molar-refractivity contribution in [3.63, 3.8) is 0 Å². The Bertz CT molecular complexity index is 1410. The summed E-state index contributed by atoms with van der Waals surface area (Å²) >= 11 is 12.6. The monoisotopic (exact) mass is 498 g/mol. The number of methoxy groups -OCH3 is 1. The van der Waals surface area contributed by atoms with Crippen molar-refractivity contribution in [3.05, 3.63) is 98.2 Å². The van der Waals surface area contributed by atoms with E-state index in [1.54, 1.807) is 37.3 Å². The highest BCUT2D eigenvalue weighted by molar-refractivity contribution is 6.34. The van der Waals surface area contributed by atoms with Crippen LogP contribution in [0, 0.1) is 19.7 Å². The number of halogens is 3. The lowest BCUT2D eigenvalue weighted by molar-refractivity contribution is -0.136. The molecule has 1 amide bonds. The number of aryl methyl sites for hydroxylation is 1. The van der Waals surface area contributed by atoms with E-state index in [0.29, 0.717) is 27.0 Å². The van der Waals surface area contributed by atoms with Crippen LogP contribution >= 0.6 is 23.2 Å². The second kappa shape index (κ2) is 9.12. The summed E-state index contributed by atoms with van der Waals surface area (Å²) < 4.78 is 21.4. The van der Waals surface area contributed by atoms with Gasteiger partial charge in [-0.3, -0.25) is 9.69 Å². The van der Waals surface area contributed by atoms with Crippen LogP contribution in [0.5, 0.6) is 0 Å². The molecule has 5 nitrogen and oxygen atoms in total. The van der Waals surface area contributed by atoms with Gasteiger partial charge in [0.25, 0.3) is 5.91 Å². The summed E-state index contributed by atoms with van der Waals surface area (Å²) in [5.41, 5.74) is 3.58. The van der Waals surface area contributed by atoms with E-state index in [9.17, 15) is 14.0 Å². The Morgan fingerprint density at radius 2 is 1.74 bits per heavy atom. The number of nitrogens with zero attached hydrogens (tertiary/aromatic N) is 2. The zero-order valence-corrected chi connectivity index (χ0v) is 20.5. The maximum Gasteiger partial charge on any atom is 0.340 e. The number of benzene rings is 2. The van der Waals surface area contributed by atoms with Crippen LogP contribution in [-0.4, -0.2) is 23.6 Å². The van der Waals surface area contributed by atoms with Gasteiger partial charge in [0.2, 0.25) is 0 Å². The first-order chi connectivity index (χ1) is 16.1. The zero-order valence-electron chi connectivity index (χ0n) is 18.9. The molecule has 0 bridgehead atoms. The van der Waals surface area contributed by atoms with Crippen molar-refractivity contribution < 1.29 is 18.7 Å². The molecule has 1 aliphatic heterocycles. The molecular weight excluding hydrogens is 478 g/mol. The van der Waals surface area contributed by atoms with Crippen LogP contribution in [0.1, 0.15) is 23.9 Å². The van der Waals surface area contributed by atoms with Gasteiger partial charge in [0.1, 0.15) is 5.82 Å². The molecule has 34 heavy (non-hydrogen) atoms. The van der Waals surface area contributed by atoms with Crippen LogP contribution in [0.2, 0.25) is 10.0 Å². The third kappa shape index (κ3) is 3.93. The lowest BCUT2D eigenvalue weighted by atomic mass is 10.0. The Balaban J connectivity index is 1.89. The molecule has 0 fully saturated rings. The number of ether oxygens (including phenoxy) is 1. The number of allylic oxidation sites excluding steroid dienone is 1. The molecule has 2 aromatic carbocycles. The third-order valence-electron chi connectivity index (χ3n) is 5.80. The lowest BCUT2D eigenvalue weighted by Crippen LogP contribution is -2.25. The van der Waals surface area contributed by atoms with Gasteiger partial charge in [-0.25, -0.2) is 9.18 Å². The van der Waals surface area contributed by atoms with Gasteiger partial charge in [0.05, 0.1) is 34.7 Å². The first kappa shape index (κ1) is 23.8. The average molecular weight is 499 g/mol. The predicted octanol–water partition coefficient (Wildman–Crippen LogP) is 6.42. The summed E-state index contributed by atoms with van der Waals surface area (Å²) in [4.78, 5) is 27.3. The summed E-state index contributed by atoms with van der Waals surface area (Å²) in [6.45, 7) is 5.36. The molecular formula is C26H21Cl2FN2O3. The number of aromatic nitrogens is 1. The molecule has 174 valence electrons. The Morgan fingerprint density at radius 3 is 2.41 bits per heavy atom. The standard InChI is InChI=1S/C26H21Cl2FN2O3/c1-14-11-17(15(2)30(14)23-13-18(27)9-10-20(23)28)12-19-24(26(33)34-4)16(3)31(25(19)32)22-8-6-5-7-21(22)29/h5-13H,1-4H3/b19-12-. The molecule has 8 heteroatoms. The predicted molar refractivity (Wildman–Crippen MR) is 132 cm³/mol. The number of hydrogen-bond donors (Lipinski definition) is 0. The van der Waals surface area contributed by atoms with Crippen LogP contribution in [0.15, 0.2) is 65.4 Å². The molecule has 0 saturated heterocycles. The first-order valence-corrected chi connectivity index (χ1v) is 11.2. The topological polar surface area (TPSA) is 51.5 Å². The van der Waals surface area contributed by atoms with Gasteiger partial charge in [-0.05, 0) is 68.8 Å². The van der Waals surface area contributed by atoms with Crippen LogP contribution in [-0.2, 0) is 14.3 Å². The highest BCUT2D eigenvalue weighted by Gasteiger charge is 2.39. The molecule has 0 saturated carbocycles. The van der Waals surface area contributed by atoms with Gasteiger partial charge < -0.3 is 9.30 Å². The molecule has 1 aliphatic rings. The molecule has 0 aliphatic carbocycles. The molecule has 2 heterocycles. The van der Waals surface area contributed by atoms with Crippen molar-refractivity contribution in [1.82, 2.24) is 4.57 Å². The van der Waals surface area contributed by atoms with E-state index in [1.165, 1.54) is 30.2 Å². The zero-order chi connectivity index (χ0) is 24.7. The summed E-state index contributed by atoms with van der Waals surface area (Å²) in [5, 5.41) is 1.05. The Morgan fingerprint density at radius 1 is 1.03 bits per heavy atom. The van der Waals surface area contributed by atoms with Crippen LogP contribution in [0.4, 0.5) is 10.1 Å². The van der Waals surface area contributed by atoms with E-state index in [1.807, 2.05) is 24.5 Å². The van der Waals surface area contributed by atoms with Crippen molar-refractivity contribution in [3.8, 4) is 5.69 Å². The van der Waals surface area contributed by atoms with Crippen molar-refractivity contribution >= 4 is 46.8 Å². The molecule has 0 N–H and O–H groups in total.